The summed E-state index contributed by atoms with van der Waals surface area (Å²) in [4.78, 5) is 2.39. The fourth-order valence-electron chi connectivity index (χ4n) is 2.48. The van der Waals surface area contributed by atoms with E-state index in [-0.39, 0.29) is 0 Å². The van der Waals surface area contributed by atoms with E-state index in [1.165, 1.54) is 12.1 Å². The monoisotopic (exact) mass is 252 g/mol. The summed E-state index contributed by atoms with van der Waals surface area (Å²) in [5.41, 5.74) is 1.17. The molecule has 1 saturated heterocycles. The van der Waals surface area contributed by atoms with Gasteiger partial charge in [0.1, 0.15) is 0 Å². The zero-order valence-corrected chi connectivity index (χ0v) is 11.4. The molecule has 17 heavy (non-hydrogen) atoms. The highest BCUT2D eigenvalue weighted by Gasteiger charge is 2.21. The Morgan fingerprint density at radius 1 is 1.41 bits per heavy atom. The van der Waals surface area contributed by atoms with Crippen LogP contribution in [0.3, 0.4) is 0 Å². The number of piperazine rings is 1. The van der Waals surface area contributed by atoms with Gasteiger partial charge in [-0.1, -0.05) is 37.6 Å². The summed E-state index contributed by atoms with van der Waals surface area (Å²) >= 11 is 6.25. The van der Waals surface area contributed by atoms with Crippen molar-refractivity contribution in [2.45, 2.75) is 26.3 Å². The molecule has 1 aliphatic rings. The Morgan fingerprint density at radius 2 is 2.18 bits per heavy atom. The highest BCUT2D eigenvalue weighted by atomic mass is 35.5. The van der Waals surface area contributed by atoms with E-state index >= 15 is 0 Å². The number of nitrogens with zero attached hydrogens (tertiary/aromatic N) is 1. The first-order valence-corrected chi connectivity index (χ1v) is 6.77. The predicted molar refractivity (Wildman–Crippen MR) is 74.9 cm³/mol. The van der Waals surface area contributed by atoms with Crippen LogP contribution in [0.25, 0.3) is 0 Å². The highest BCUT2D eigenvalue weighted by Crippen LogP contribution is 2.26. The van der Waals surface area contributed by atoms with Crippen LogP contribution < -0.4 is 10.2 Å². The molecule has 0 radical (unpaired) electrons. The zero-order chi connectivity index (χ0) is 12.3. The molecule has 1 aromatic rings. The van der Waals surface area contributed by atoms with Crippen molar-refractivity contribution in [1.29, 1.82) is 0 Å². The topological polar surface area (TPSA) is 15.3 Å². The number of hydrogen-bond acceptors (Lipinski definition) is 2. The molecule has 1 fully saturated rings. The van der Waals surface area contributed by atoms with Gasteiger partial charge in [-0.25, -0.2) is 0 Å². The Balaban J connectivity index is 2.04. The quantitative estimate of drug-likeness (QED) is 0.889. The van der Waals surface area contributed by atoms with E-state index in [0.717, 1.165) is 30.6 Å². The largest absolute Gasteiger partial charge is 0.367 e. The third kappa shape index (κ3) is 3.36. The van der Waals surface area contributed by atoms with Gasteiger partial charge in [0.05, 0.1) is 10.7 Å². The SMILES string of the molecule is CC(C)CC1CN(c2ccccc2Cl)CCN1. The van der Waals surface area contributed by atoms with Crippen LogP contribution >= 0.6 is 11.6 Å². The molecular formula is C14H21ClN2. The van der Waals surface area contributed by atoms with Gasteiger partial charge in [-0.05, 0) is 24.5 Å². The van der Waals surface area contributed by atoms with Crippen molar-refractivity contribution in [2.75, 3.05) is 24.5 Å². The molecule has 0 aromatic heterocycles. The molecule has 1 aliphatic heterocycles. The maximum Gasteiger partial charge on any atom is 0.0639 e. The molecule has 1 atom stereocenters. The molecule has 0 saturated carbocycles. The lowest BCUT2D eigenvalue weighted by Crippen LogP contribution is -2.51. The molecule has 94 valence electrons. The molecule has 0 aliphatic carbocycles. The van der Waals surface area contributed by atoms with E-state index in [0.29, 0.717) is 6.04 Å². The van der Waals surface area contributed by atoms with Crippen LogP contribution in [0.2, 0.25) is 5.02 Å². The van der Waals surface area contributed by atoms with E-state index in [2.05, 4.69) is 36.2 Å². The van der Waals surface area contributed by atoms with Crippen molar-refractivity contribution >= 4 is 17.3 Å². The molecule has 2 nitrogen and oxygen atoms in total. The molecular weight excluding hydrogens is 232 g/mol. The number of nitrogens with one attached hydrogen (secondary N) is 1. The van der Waals surface area contributed by atoms with Gasteiger partial charge in [0, 0.05) is 25.7 Å². The maximum atomic E-state index is 6.25. The van der Waals surface area contributed by atoms with Gasteiger partial charge in [-0.3, -0.25) is 0 Å². The number of para-hydroxylation sites is 1. The van der Waals surface area contributed by atoms with Gasteiger partial charge >= 0.3 is 0 Å². The second-order valence-electron chi connectivity index (χ2n) is 5.18. The Kier molecular flexibility index (Phi) is 4.30. The Bertz CT molecular complexity index is 365. The molecule has 1 N–H and O–H groups in total. The molecule has 1 unspecified atom stereocenters. The van der Waals surface area contributed by atoms with Crippen LogP contribution in [-0.2, 0) is 0 Å². The molecule has 1 aromatic carbocycles. The van der Waals surface area contributed by atoms with Crippen molar-refractivity contribution in [2.24, 2.45) is 5.92 Å². The first kappa shape index (κ1) is 12.7. The van der Waals surface area contributed by atoms with E-state index < -0.39 is 0 Å². The normalized spacial score (nSPS) is 20.9. The molecule has 0 amide bonds. The summed E-state index contributed by atoms with van der Waals surface area (Å²) in [5, 5.41) is 4.44. The average molecular weight is 253 g/mol. The number of hydrogen-bond donors (Lipinski definition) is 1. The smallest absolute Gasteiger partial charge is 0.0639 e. The first-order chi connectivity index (χ1) is 8.16. The van der Waals surface area contributed by atoms with Crippen molar-refractivity contribution in [3.05, 3.63) is 29.3 Å². The first-order valence-electron chi connectivity index (χ1n) is 6.39. The molecule has 3 heteroatoms. The van der Waals surface area contributed by atoms with E-state index in [4.69, 9.17) is 11.6 Å². The average Bonchev–Trinajstić information content (AvgIpc) is 2.29. The highest BCUT2D eigenvalue weighted by molar-refractivity contribution is 6.33. The van der Waals surface area contributed by atoms with Crippen molar-refractivity contribution in [1.82, 2.24) is 5.32 Å². The standard InChI is InChI=1S/C14H21ClN2/c1-11(2)9-12-10-17(8-7-16-12)14-6-4-3-5-13(14)15/h3-6,11-12,16H,7-10H2,1-2H3. The van der Waals surface area contributed by atoms with E-state index in [9.17, 15) is 0 Å². The Labute approximate surface area is 109 Å². The maximum absolute atomic E-state index is 6.25. The van der Waals surface area contributed by atoms with E-state index in [1.54, 1.807) is 0 Å². The molecule has 2 rings (SSSR count). The lowest BCUT2D eigenvalue weighted by atomic mass is 10.0. The van der Waals surface area contributed by atoms with Gasteiger partial charge in [0.25, 0.3) is 0 Å². The van der Waals surface area contributed by atoms with Gasteiger partial charge in [-0.15, -0.1) is 0 Å². The van der Waals surface area contributed by atoms with Crippen molar-refractivity contribution in [3.63, 3.8) is 0 Å². The third-order valence-corrected chi connectivity index (χ3v) is 3.52. The van der Waals surface area contributed by atoms with E-state index in [1.807, 2.05) is 12.1 Å². The molecule has 0 spiro atoms. The minimum absolute atomic E-state index is 0.583. The van der Waals surface area contributed by atoms with Crippen molar-refractivity contribution < 1.29 is 0 Å². The number of benzene rings is 1. The fourth-order valence-corrected chi connectivity index (χ4v) is 2.73. The van der Waals surface area contributed by atoms with Crippen LogP contribution in [0.1, 0.15) is 20.3 Å². The van der Waals surface area contributed by atoms with Crippen LogP contribution in [0.4, 0.5) is 5.69 Å². The van der Waals surface area contributed by atoms with Gasteiger partial charge in [0.2, 0.25) is 0 Å². The number of halogens is 1. The van der Waals surface area contributed by atoms with Gasteiger partial charge in [-0.2, -0.15) is 0 Å². The second-order valence-corrected chi connectivity index (χ2v) is 5.59. The summed E-state index contributed by atoms with van der Waals surface area (Å²) in [6.07, 6.45) is 1.22. The zero-order valence-electron chi connectivity index (χ0n) is 10.6. The lowest BCUT2D eigenvalue weighted by molar-refractivity contribution is 0.388. The summed E-state index contributed by atoms with van der Waals surface area (Å²) in [5.74, 6) is 0.735. The van der Waals surface area contributed by atoms with Crippen LogP contribution in [0, 0.1) is 5.92 Å². The molecule has 1 heterocycles. The summed E-state index contributed by atoms with van der Waals surface area (Å²) in [7, 11) is 0. The third-order valence-electron chi connectivity index (χ3n) is 3.20. The van der Waals surface area contributed by atoms with Gasteiger partial charge < -0.3 is 10.2 Å². The van der Waals surface area contributed by atoms with Crippen LogP contribution in [0.5, 0.6) is 0 Å². The number of rotatable bonds is 3. The number of anilines is 1. The van der Waals surface area contributed by atoms with Gasteiger partial charge in [0.15, 0.2) is 0 Å². The minimum Gasteiger partial charge on any atom is -0.367 e. The minimum atomic E-state index is 0.583. The van der Waals surface area contributed by atoms with Crippen LogP contribution in [-0.4, -0.2) is 25.7 Å². The fraction of sp³-hybridized carbons (Fsp3) is 0.571. The predicted octanol–water partition coefficient (Wildman–Crippen LogP) is 3.16. The lowest BCUT2D eigenvalue weighted by Gasteiger charge is -2.36. The second kappa shape index (κ2) is 5.74. The van der Waals surface area contributed by atoms with Crippen molar-refractivity contribution in [3.8, 4) is 0 Å². The summed E-state index contributed by atoms with van der Waals surface area (Å²) in [6.45, 7) is 7.69. The Morgan fingerprint density at radius 3 is 2.88 bits per heavy atom. The summed E-state index contributed by atoms with van der Waals surface area (Å²) in [6, 6.07) is 8.71. The summed E-state index contributed by atoms with van der Waals surface area (Å²) < 4.78 is 0. The van der Waals surface area contributed by atoms with Crippen LogP contribution in [0.15, 0.2) is 24.3 Å². The Hall–Kier alpha value is -0.730. The molecule has 0 bridgehead atoms.